The monoisotopic (exact) mass is 214 g/mol. The number of aromatic nitrogens is 1. The van der Waals surface area contributed by atoms with Crippen molar-refractivity contribution in [1.29, 1.82) is 0 Å². The minimum absolute atomic E-state index is 0.107. The largest absolute Gasteiger partial charge is 0.395 e. The number of thiazole rings is 1. The molecule has 1 rings (SSSR count). The van der Waals surface area contributed by atoms with Gasteiger partial charge in [0.2, 0.25) is 0 Å². The van der Waals surface area contributed by atoms with Gasteiger partial charge in [-0.15, -0.1) is 11.3 Å². The molecule has 1 N–H and O–H groups in total. The summed E-state index contributed by atoms with van der Waals surface area (Å²) in [5.41, 5.74) is 0.462. The Morgan fingerprint density at radius 1 is 1.64 bits per heavy atom. The molecule has 0 aliphatic heterocycles. The van der Waals surface area contributed by atoms with Crippen LogP contribution in [0, 0.1) is 0 Å². The third-order valence-electron chi connectivity index (χ3n) is 1.76. The quantitative estimate of drug-likeness (QED) is 0.722. The molecular formula is C9H14N2O2S. The summed E-state index contributed by atoms with van der Waals surface area (Å²) in [6, 6.07) is 0. The van der Waals surface area contributed by atoms with Crippen molar-refractivity contribution in [2.24, 2.45) is 0 Å². The number of carbonyl (C=O) groups is 1. The Morgan fingerprint density at radius 2 is 2.43 bits per heavy atom. The van der Waals surface area contributed by atoms with Crippen LogP contribution in [0.3, 0.4) is 0 Å². The lowest BCUT2D eigenvalue weighted by atomic mass is 10.4. The molecule has 0 fully saturated rings. The fourth-order valence-corrected chi connectivity index (χ4v) is 1.99. The second-order valence-corrected chi connectivity index (χ2v) is 3.72. The third-order valence-corrected chi connectivity index (χ3v) is 2.68. The summed E-state index contributed by atoms with van der Waals surface area (Å²) in [5.74, 6) is 0. The predicted octanol–water partition coefficient (Wildman–Crippen LogP) is 1.16. The molecule has 1 aromatic rings. The Kier molecular flexibility index (Phi) is 4.55. The summed E-state index contributed by atoms with van der Waals surface area (Å²) in [4.78, 5) is 16.5. The molecule has 5 heteroatoms. The first-order chi connectivity index (χ1) is 6.81. The van der Waals surface area contributed by atoms with E-state index in [1.807, 2.05) is 4.90 Å². The molecule has 0 saturated carbocycles. The van der Waals surface area contributed by atoms with Crippen LogP contribution in [0.15, 0.2) is 5.38 Å². The summed E-state index contributed by atoms with van der Waals surface area (Å²) in [6.45, 7) is 3.60. The van der Waals surface area contributed by atoms with Gasteiger partial charge in [-0.05, 0) is 6.42 Å². The van der Waals surface area contributed by atoms with Crippen LogP contribution in [0.4, 0.5) is 5.13 Å². The van der Waals surface area contributed by atoms with Crippen molar-refractivity contribution in [2.75, 3.05) is 24.6 Å². The number of rotatable bonds is 6. The van der Waals surface area contributed by atoms with Crippen LogP contribution < -0.4 is 4.90 Å². The van der Waals surface area contributed by atoms with Crippen molar-refractivity contribution in [3.05, 3.63) is 11.1 Å². The van der Waals surface area contributed by atoms with Crippen LogP contribution in [0.5, 0.6) is 0 Å². The van der Waals surface area contributed by atoms with E-state index in [2.05, 4.69) is 11.9 Å². The first-order valence-electron chi connectivity index (χ1n) is 4.58. The summed E-state index contributed by atoms with van der Waals surface area (Å²) in [7, 11) is 0. The van der Waals surface area contributed by atoms with E-state index in [-0.39, 0.29) is 6.61 Å². The molecule has 0 aliphatic carbocycles. The van der Waals surface area contributed by atoms with Crippen LogP contribution >= 0.6 is 11.3 Å². The Balaban J connectivity index is 2.70. The SMILES string of the molecule is CCCN(CCO)c1nc(C=O)cs1. The van der Waals surface area contributed by atoms with Gasteiger partial charge in [0.15, 0.2) is 11.4 Å². The zero-order valence-electron chi connectivity index (χ0n) is 8.14. The number of aliphatic hydroxyl groups excluding tert-OH is 1. The maximum atomic E-state index is 10.4. The van der Waals surface area contributed by atoms with Crippen LogP contribution in [-0.4, -0.2) is 36.1 Å². The summed E-state index contributed by atoms with van der Waals surface area (Å²) in [6.07, 6.45) is 1.74. The van der Waals surface area contributed by atoms with Crippen LogP contribution in [0.1, 0.15) is 23.8 Å². The lowest BCUT2D eigenvalue weighted by Crippen LogP contribution is -2.27. The highest BCUT2D eigenvalue weighted by Gasteiger charge is 2.09. The van der Waals surface area contributed by atoms with E-state index in [1.54, 1.807) is 5.38 Å². The Morgan fingerprint density at radius 3 is 2.93 bits per heavy atom. The molecule has 0 unspecified atom stereocenters. The molecule has 0 atom stereocenters. The third kappa shape index (κ3) is 2.78. The van der Waals surface area contributed by atoms with Crippen LogP contribution in [0.2, 0.25) is 0 Å². The number of hydrogen-bond acceptors (Lipinski definition) is 5. The van der Waals surface area contributed by atoms with E-state index in [4.69, 9.17) is 5.11 Å². The number of anilines is 1. The standard InChI is InChI=1S/C9H14N2O2S/c1-2-3-11(4-5-12)9-10-8(6-13)7-14-9/h6-7,12H,2-5H2,1H3. The average molecular weight is 214 g/mol. The smallest absolute Gasteiger partial charge is 0.186 e. The second-order valence-electron chi connectivity index (χ2n) is 2.88. The summed E-state index contributed by atoms with van der Waals surface area (Å²) in [5, 5.41) is 11.4. The first kappa shape index (κ1) is 11.1. The highest BCUT2D eigenvalue weighted by atomic mass is 32.1. The van der Waals surface area contributed by atoms with Gasteiger partial charge in [-0.1, -0.05) is 6.92 Å². The van der Waals surface area contributed by atoms with Crippen molar-refractivity contribution in [3.8, 4) is 0 Å². The van der Waals surface area contributed by atoms with Gasteiger partial charge in [0.1, 0.15) is 5.69 Å². The van der Waals surface area contributed by atoms with E-state index in [9.17, 15) is 4.79 Å². The number of aliphatic hydroxyl groups is 1. The van der Waals surface area contributed by atoms with Crippen LogP contribution in [-0.2, 0) is 0 Å². The molecule has 14 heavy (non-hydrogen) atoms. The van der Waals surface area contributed by atoms with Crippen molar-refractivity contribution in [2.45, 2.75) is 13.3 Å². The Bertz CT molecular complexity index is 282. The Labute approximate surface area is 87.2 Å². The maximum absolute atomic E-state index is 10.4. The van der Waals surface area contributed by atoms with Crippen molar-refractivity contribution >= 4 is 22.8 Å². The minimum atomic E-state index is 0.107. The molecule has 0 bridgehead atoms. The van der Waals surface area contributed by atoms with Gasteiger partial charge in [-0.2, -0.15) is 0 Å². The van der Waals surface area contributed by atoms with Crippen molar-refractivity contribution in [3.63, 3.8) is 0 Å². The van der Waals surface area contributed by atoms with E-state index >= 15 is 0 Å². The topological polar surface area (TPSA) is 53.4 Å². The Hall–Kier alpha value is -0.940. The lowest BCUT2D eigenvalue weighted by molar-refractivity contribution is 0.111. The van der Waals surface area contributed by atoms with Gasteiger partial charge in [0.25, 0.3) is 0 Å². The van der Waals surface area contributed by atoms with E-state index in [0.717, 1.165) is 24.4 Å². The summed E-state index contributed by atoms with van der Waals surface area (Å²) < 4.78 is 0. The maximum Gasteiger partial charge on any atom is 0.186 e. The van der Waals surface area contributed by atoms with Gasteiger partial charge in [0.05, 0.1) is 6.61 Å². The number of hydrogen-bond donors (Lipinski definition) is 1. The molecular weight excluding hydrogens is 200 g/mol. The molecule has 0 amide bonds. The lowest BCUT2D eigenvalue weighted by Gasteiger charge is -2.19. The van der Waals surface area contributed by atoms with E-state index in [1.165, 1.54) is 11.3 Å². The summed E-state index contributed by atoms with van der Waals surface area (Å²) >= 11 is 1.43. The van der Waals surface area contributed by atoms with Crippen LogP contribution in [0.25, 0.3) is 0 Å². The number of aldehydes is 1. The fraction of sp³-hybridized carbons (Fsp3) is 0.556. The van der Waals surface area contributed by atoms with Gasteiger partial charge < -0.3 is 10.0 Å². The van der Waals surface area contributed by atoms with Gasteiger partial charge in [-0.3, -0.25) is 4.79 Å². The molecule has 1 aromatic heterocycles. The predicted molar refractivity (Wildman–Crippen MR) is 57.1 cm³/mol. The van der Waals surface area contributed by atoms with Gasteiger partial charge >= 0.3 is 0 Å². The zero-order chi connectivity index (χ0) is 10.4. The first-order valence-corrected chi connectivity index (χ1v) is 5.46. The number of carbonyl (C=O) groups excluding carboxylic acids is 1. The molecule has 4 nitrogen and oxygen atoms in total. The molecule has 1 heterocycles. The highest BCUT2D eigenvalue weighted by molar-refractivity contribution is 7.13. The van der Waals surface area contributed by atoms with E-state index in [0.29, 0.717) is 12.2 Å². The van der Waals surface area contributed by atoms with Crippen molar-refractivity contribution in [1.82, 2.24) is 4.98 Å². The van der Waals surface area contributed by atoms with Gasteiger partial charge in [-0.25, -0.2) is 4.98 Å². The normalized spacial score (nSPS) is 10.1. The molecule has 78 valence electrons. The number of nitrogens with zero attached hydrogens (tertiary/aromatic N) is 2. The fourth-order valence-electron chi connectivity index (χ4n) is 1.17. The second kappa shape index (κ2) is 5.72. The molecule has 0 spiro atoms. The molecule has 0 radical (unpaired) electrons. The van der Waals surface area contributed by atoms with Gasteiger partial charge in [0, 0.05) is 18.5 Å². The average Bonchev–Trinajstić information content (AvgIpc) is 2.65. The molecule has 0 saturated heterocycles. The van der Waals surface area contributed by atoms with E-state index < -0.39 is 0 Å². The van der Waals surface area contributed by atoms with Crippen molar-refractivity contribution < 1.29 is 9.90 Å². The molecule has 0 aromatic carbocycles. The highest BCUT2D eigenvalue weighted by Crippen LogP contribution is 2.19. The zero-order valence-corrected chi connectivity index (χ0v) is 8.96. The minimum Gasteiger partial charge on any atom is -0.395 e. The molecule has 0 aliphatic rings.